The minimum absolute atomic E-state index is 0.0356. The fraction of sp³-hybridized carbons (Fsp3) is 0.432. The Hall–Kier alpha value is -6.13. The molecule has 5 heterocycles. The molecular formula is C44H48N6O10. The Morgan fingerprint density at radius 1 is 0.900 bits per heavy atom. The Morgan fingerprint density at radius 3 is 2.33 bits per heavy atom. The number of benzene rings is 2. The summed E-state index contributed by atoms with van der Waals surface area (Å²) in [6.07, 6.45) is 7.39. The molecule has 4 aromatic rings. The van der Waals surface area contributed by atoms with Gasteiger partial charge in [-0.3, -0.25) is 48.9 Å². The van der Waals surface area contributed by atoms with Crippen molar-refractivity contribution in [2.45, 2.75) is 50.7 Å². The SMILES string of the molecule is COc1cc(-c2cn(C)c(=O)c3cnccc23)cc(OC)c1CN(C)C1CC2CN(C(=O)CCOCCOc3cccc4c3C(=O)N(C3CCC(=O)NC3=O)C4=O)CC2C1. The van der Waals surface area contributed by atoms with Crippen molar-refractivity contribution in [3.8, 4) is 28.4 Å². The molecule has 2 aromatic heterocycles. The molecule has 16 heteroatoms. The van der Waals surface area contributed by atoms with Crippen molar-refractivity contribution in [2.75, 3.05) is 54.2 Å². The molecule has 2 saturated heterocycles. The first-order valence-electron chi connectivity index (χ1n) is 20.2. The van der Waals surface area contributed by atoms with Crippen LogP contribution in [0.5, 0.6) is 17.2 Å². The minimum atomic E-state index is -1.06. The third-order valence-corrected chi connectivity index (χ3v) is 12.4. The molecule has 3 atom stereocenters. The first-order valence-corrected chi connectivity index (χ1v) is 20.2. The van der Waals surface area contributed by atoms with Crippen LogP contribution in [0, 0.1) is 11.8 Å². The summed E-state index contributed by atoms with van der Waals surface area (Å²) in [4.78, 5) is 85.8. The molecular weight excluding hydrogens is 773 g/mol. The number of ether oxygens (including phenoxy) is 4. The van der Waals surface area contributed by atoms with Crippen molar-refractivity contribution in [1.29, 1.82) is 0 Å². The third kappa shape index (κ3) is 7.60. The maximum absolute atomic E-state index is 13.3. The third-order valence-electron chi connectivity index (χ3n) is 12.4. The van der Waals surface area contributed by atoms with Crippen molar-refractivity contribution in [2.24, 2.45) is 18.9 Å². The highest BCUT2D eigenvalue weighted by Crippen LogP contribution is 2.43. The predicted molar refractivity (Wildman–Crippen MR) is 218 cm³/mol. The van der Waals surface area contributed by atoms with Gasteiger partial charge in [0.05, 0.1) is 55.9 Å². The second kappa shape index (κ2) is 16.9. The van der Waals surface area contributed by atoms with Crippen LogP contribution in [-0.4, -0.2) is 120 Å². The summed E-state index contributed by atoms with van der Waals surface area (Å²) in [5.74, 6) is 0.101. The first-order chi connectivity index (χ1) is 29.0. The smallest absolute Gasteiger partial charge is 0.266 e. The normalized spacial score (nSPS) is 21.1. The Kier molecular flexibility index (Phi) is 11.4. The van der Waals surface area contributed by atoms with E-state index < -0.39 is 29.7 Å². The van der Waals surface area contributed by atoms with E-state index in [1.807, 2.05) is 29.3 Å². The summed E-state index contributed by atoms with van der Waals surface area (Å²) >= 11 is 0. The second-order valence-electron chi connectivity index (χ2n) is 15.9. The number of piperidine rings is 1. The van der Waals surface area contributed by atoms with Gasteiger partial charge in [0.25, 0.3) is 17.4 Å². The fourth-order valence-corrected chi connectivity index (χ4v) is 9.28. The summed E-state index contributed by atoms with van der Waals surface area (Å²) in [5.41, 5.74) is 2.79. The highest BCUT2D eigenvalue weighted by Gasteiger charge is 2.46. The zero-order chi connectivity index (χ0) is 42.2. The van der Waals surface area contributed by atoms with Crippen LogP contribution >= 0.6 is 0 Å². The Morgan fingerprint density at radius 2 is 1.63 bits per heavy atom. The van der Waals surface area contributed by atoms with Gasteiger partial charge in [-0.15, -0.1) is 0 Å². The highest BCUT2D eigenvalue weighted by molar-refractivity contribution is 6.24. The summed E-state index contributed by atoms with van der Waals surface area (Å²) in [7, 11) is 7.15. The van der Waals surface area contributed by atoms with Gasteiger partial charge in [-0.2, -0.15) is 0 Å². The van der Waals surface area contributed by atoms with Crippen LogP contribution in [0.3, 0.4) is 0 Å². The molecule has 5 amide bonds. The monoisotopic (exact) mass is 820 g/mol. The summed E-state index contributed by atoms with van der Waals surface area (Å²) < 4.78 is 25.0. The summed E-state index contributed by atoms with van der Waals surface area (Å²) in [6.45, 7) is 2.49. The van der Waals surface area contributed by atoms with Crippen molar-refractivity contribution in [3.05, 3.63) is 82.0 Å². The minimum Gasteiger partial charge on any atom is -0.496 e. The van der Waals surface area contributed by atoms with Gasteiger partial charge >= 0.3 is 0 Å². The molecule has 0 radical (unpaired) electrons. The van der Waals surface area contributed by atoms with Gasteiger partial charge in [-0.05, 0) is 79.4 Å². The molecule has 314 valence electrons. The van der Waals surface area contributed by atoms with Crippen LogP contribution in [0.4, 0.5) is 0 Å². The Labute approximate surface area is 346 Å². The van der Waals surface area contributed by atoms with E-state index in [4.69, 9.17) is 18.9 Å². The van der Waals surface area contributed by atoms with Crippen LogP contribution in [0.15, 0.2) is 59.8 Å². The van der Waals surface area contributed by atoms with Gasteiger partial charge in [0, 0.05) is 63.3 Å². The van der Waals surface area contributed by atoms with Gasteiger partial charge in [-0.1, -0.05) is 6.07 Å². The molecule has 0 spiro atoms. The number of nitrogens with zero attached hydrogens (tertiary/aromatic N) is 5. The van der Waals surface area contributed by atoms with Crippen LogP contribution < -0.4 is 25.1 Å². The molecule has 3 aliphatic heterocycles. The number of pyridine rings is 2. The van der Waals surface area contributed by atoms with E-state index in [0.29, 0.717) is 54.4 Å². The number of methoxy groups -OCH3 is 2. The number of rotatable bonds is 14. The standard InChI is InChI=1S/C44H48N6O10/c1-47(24-33-36(57-3)18-25(19-37(33)58-4)32-23-48(2)42(54)31-20-45-12-10-29(31)32)28-16-26-21-49(22-27(26)17-28)39(52)11-13-59-14-15-60-35-7-5-6-30-40(35)44(56)50(43(30)55)34-8-9-38(51)46-41(34)53/h5-7,10,12,18-20,23,26-28,34H,8-9,11,13-17,21-22,24H2,1-4H3,(H,46,51,53). The van der Waals surface area contributed by atoms with E-state index in [1.165, 1.54) is 6.07 Å². The number of nitrogens with one attached hydrogen (secondary N) is 1. The Bertz CT molecular complexity index is 2410. The molecule has 1 saturated carbocycles. The molecule has 1 N–H and O–H groups in total. The van der Waals surface area contributed by atoms with E-state index in [1.54, 1.807) is 50.4 Å². The zero-order valence-corrected chi connectivity index (χ0v) is 34.1. The predicted octanol–water partition coefficient (Wildman–Crippen LogP) is 3.17. The number of aryl methyl sites for hydroxylation is 1. The van der Waals surface area contributed by atoms with Crippen molar-refractivity contribution in [3.63, 3.8) is 0 Å². The Balaban J connectivity index is 0.803. The van der Waals surface area contributed by atoms with E-state index in [-0.39, 0.29) is 67.4 Å². The molecule has 2 aromatic carbocycles. The van der Waals surface area contributed by atoms with E-state index in [9.17, 15) is 28.8 Å². The molecule has 3 unspecified atom stereocenters. The van der Waals surface area contributed by atoms with Gasteiger partial charge < -0.3 is 28.4 Å². The largest absolute Gasteiger partial charge is 0.496 e. The lowest BCUT2D eigenvalue weighted by molar-refractivity contribution is -0.136. The van der Waals surface area contributed by atoms with E-state index in [0.717, 1.165) is 39.8 Å². The quantitative estimate of drug-likeness (QED) is 0.145. The van der Waals surface area contributed by atoms with Crippen LogP contribution in [0.25, 0.3) is 21.9 Å². The first kappa shape index (κ1) is 40.6. The fourth-order valence-electron chi connectivity index (χ4n) is 9.28. The van der Waals surface area contributed by atoms with Crippen molar-refractivity contribution < 1.29 is 42.9 Å². The number of amides is 5. The maximum atomic E-state index is 13.3. The van der Waals surface area contributed by atoms with Crippen molar-refractivity contribution >= 4 is 40.3 Å². The highest BCUT2D eigenvalue weighted by atomic mass is 16.5. The summed E-state index contributed by atoms with van der Waals surface area (Å²) in [5, 5.41) is 3.54. The summed E-state index contributed by atoms with van der Waals surface area (Å²) in [6, 6.07) is 9.80. The van der Waals surface area contributed by atoms with Crippen LogP contribution in [0.2, 0.25) is 0 Å². The molecule has 0 bridgehead atoms. The number of likely N-dealkylation sites (tertiary alicyclic amines) is 1. The van der Waals surface area contributed by atoms with Crippen LogP contribution in [-0.2, 0) is 32.7 Å². The van der Waals surface area contributed by atoms with E-state index >= 15 is 0 Å². The molecule has 60 heavy (non-hydrogen) atoms. The van der Waals surface area contributed by atoms with Gasteiger partial charge in [0.2, 0.25) is 17.7 Å². The van der Waals surface area contributed by atoms with Crippen LogP contribution in [0.1, 0.15) is 58.4 Å². The number of hydrogen-bond acceptors (Lipinski definition) is 12. The van der Waals surface area contributed by atoms with Gasteiger partial charge in [0.1, 0.15) is 29.9 Å². The van der Waals surface area contributed by atoms with E-state index in [2.05, 4.69) is 22.2 Å². The maximum Gasteiger partial charge on any atom is 0.266 e. The number of carbonyl (C=O) groups is 5. The molecule has 16 nitrogen and oxygen atoms in total. The molecule has 4 aliphatic rings. The number of aromatic nitrogens is 2. The van der Waals surface area contributed by atoms with Gasteiger partial charge in [0.15, 0.2) is 0 Å². The molecule has 1 aliphatic carbocycles. The number of hydrogen-bond donors (Lipinski definition) is 1. The number of imide groups is 2. The van der Waals surface area contributed by atoms with Crippen molar-refractivity contribution in [1.82, 2.24) is 29.6 Å². The van der Waals surface area contributed by atoms with Gasteiger partial charge in [-0.25, -0.2) is 0 Å². The average Bonchev–Trinajstić information content (AvgIpc) is 3.91. The lowest BCUT2D eigenvalue weighted by atomic mass is 9.98. The lowest BCUT2D eigenvalue weighted by Gasteiger charge is -2.28. The number of fused-ring (bicyclic) bond motifs is 3. The number of carbonyl (C=O) groups excluding carboxylic acids is 5. The second-order valence-corrected chi connectivity index (χ2v) is 15.9. The molecule has 3 fully saturated rings. The lowest BCUT2D eigenvalue weighted by Crippen LogP contribution is -2.54. The topological polar surface area (TPSA) is 179 Å². The zero-order valence-electron chi connectivity index (χ0n) is 34.1. The molecule has 8 rings (SSSR count). The average molecular weight is 821 g/mol.